The zero-order valence-corrected chi connectivity index (χ0v) is 19.7. The van der Waals surface area contributed by atoms with Gasteiger partial charge < -0.3 is 10.2 Å². The highest BCUT2D eigenvalue weighted by atomic mass is 32.2. The Balaban J connectivity index is 1.19. The van der Waals surface area contributed by atoms with Gasteiger partial charge in [-0.1, -0.05) is 42.8 Å². The molecule has 32 heavy (non-hydrogen) atoms. The zero-order valence-electron chi connectivity index (χ0n) is 18.9. The lowest BCUT2D eigenvalue weighted by Gasteiger charge is -2.34. The molecule has 2 aliphatic rings. The maximum Gasteiger partial charge on any atom is 0.238 e. The minimum absolute atomic E-state index is 0.0135. The van der Waals surface area contributed by atoms with Crippen molar-refractivity contribution < 1.29 is 9.59 Å². The summed E-state index contributed by atoms with van der Waals surface area (Å²) in [6.07, 6.45) is 4.85. The molecule has 2 heterocycles. The van der Waals surface area contributed by atoms with E-state index in [0.717, 1.165) is 22.6 Å². The summed E-state index contributed by atoms with van der Waals surface area (Å²) in [7, 11) is 0. The van der Waals surface area contributed by atoms with Gasteiger partial charge in [0, 0.05) is 37.8 Å². The van der Waals surface area contributed by atoms with Crippen LogP contribution < -0.4 is 5.32 Å². The fourth-order valence-electron chi connectivity index (χ4n) is 4.47. The molecule has 1 aliphatic carbocycles. The van der Waals surface area contributed by atoms with Gasteiger partial charge in [0.2, 0.25) is 17.0 Å². The highest BCUT2D eigenvalue weighted by Gasteiger charge is 2.24. The van der Waals surface area contributed by atoms with Crippen LogP contribution in [0.4, 0.5) is 5.69 Å². The second-order valence-corrected chi connectivity index (χ2v) is 9.69. The van der Waals surface area contributed by atoms with Gasteiger partial charge in [0.1, 0.15) is 5.82 Å². The number of aryl methyl sites for hydroxylation is 2. The summed E-state index contributed by atoms with van der Waals surface area (Å²) in [6.45, 7) is 7.00. The van der Waals surface area contributed by atoms with Crippen molar-refractivity contribution in [3.63, 3.8) is 0 Å². The minimum Gasteiger partial charge on any atom is -0.339 e. The number of carbonyl (C=O) groups is 2. The number of aromatic amines is 1. The number of para-hydroxylation sites is 1. The normalized spacial score (nSPS) is 17.6. The average Bonchev–Trinajstić information content (AvgIpc) is 3.47. The van der Waals surface area contributed by atoms with E-state index in [9.17, 15) is 9.59 Å². The molecule has 0 bridgehead atoms. The Morgan fingerprint density at radius 1 is 1.12 bits per heavy atom. The number of piperazine rings is 1. The Morgan fingerprint density at radius 2 is 1.81 bits per heavy atom. The Hall–Kier alpha value is -2.39. The number of benzene rings is 1. The molecule has 2 aromatic rings. The summed E-state index contributed by atoms with van der Waals surface area (Å²) < 4.78 is 0. The highest BCUT2D eigenvalue weighted by molar-refractivity contribution is 7.99. The predicted molar refractivity (Wildman–Crippen MR) is 126 cm³/mol. The van der Waals surface area contributed by atoms with E-state index < -0.39 is 0 Å². The largest absolute Gasteiger partial charge is 0.339 e. The monoisotopic (exact) mass is 456 g/mol. The first kappa shape index (κ1) is 22.8. The summed E-state index contributed by atoms with van der Waals surface area (Å²) >= 11 is 1.39. The molecule has 172 valence electrons. The molecule has 0 atom stereocenters. The molecule has 8 nitrogen and oxygen atoms in total. The Labute approximate surface area is 193 Å². The van der Waals surface area contributed by atoms with E-state index in [4.69, 9.17) is 0 Å². The Kier molecular flexibility index (Phi) is 7.47. The van der Waals surface area contributed by atoms with E-state index in [0.29, 0.717) is 49.6 Å². The third-order valence-electron chi connectivity index (χ3n) is 6.39. The molecule has 2 N–H and O–H groups in total. The van der Waals surface area contributed by atoms with Crippen LogP contribution in [-0.2, 0) is 9.59 Å². The van der Waals surface area contributed by atoms with Crippen LogP contribution in [0.1, 0.15) is 48.6 Å². The summed E-state index contributed by atoms with van der Waals surface area (Å²) in [4.78, 5) is 33.7. The maximum atomic E-state index is 12.6. The maximum absolute atomic E-state index is 12.6. The smallest absolute Gasteiger partial charge is 0.238 e. The Bertz CT molecular complexity index is 927. The standard InChI is InChI=1S/C23H32N6O2S/c1-16-6-5-7-17(2)21(16)24-19(30)14-28-10-12-29(13-11-28)20(31)15-32-23-25-22(26-27-23)18-8-3-4-9-18/h5-7,18H,3-4,8-15H2,1-2H3,(H,24,30)(H,25,26,27). The lowest BCUT2D eigenvalue weighted by molar-refractivity contribution is -0.130. The van der Waals surface area contributed by atoms with Gasteiger partial charge in [-0.05, 0) is 37.8 Å². The summed E-state index contributed by atoms with van der Waals surface area (Å²) in [6, 6.07) is 5.99. The molecule has 0 radical (unpaired) electrons. The van der Waals surface area contributed by atoms with Crippen LogP contribution in [0.5, 0.6) is 0 Å². The quantitative estimate of drug-likeness (QED) is 0.622. The number of thioether (sulfide) groups is 1. The van der Waals surface area contributed by atoms with Gasteiger partial charge in [0.05, 0.1) is 12.3 Å². The third-order valence-corrected chi connectivity index (χ3v) is 7.22. The average molecular weight is 457 g/mol. The lowest BCUT2D eigenvalue weighted by atomic mass is 10.1. The van der Waals surface area contributed by atoms with E-state index in [-0.39, 0.29) is 11.8 Å². The first-order valence-corrected chi connectivity index (χ1v) is 12.4. The van der Waals surface area contributed by atoms with E-state index in [1.54, 1.807) is 0 Å². The second-order valence-electron chi connectivity index (χ2n) is 8.75. The molecule has 2 amide bonds. The van der Waals surface area contributed by atoms with Crippen LogP contribution in [-0.4, -0.2) is 75.3 Å². The number of H-pyrrole nitrogens is 1. The fourth-order valence-corrected chi connectivity index (χ4v) is 5.18. The molecule has 0 spiro atoms. The minimum atomic E-state index is -0.0135. The van der Waals surface area contributed by atoms with Crippen molar-refractivity contribution in [2.45, 2.75) is 50.6 Å². The number of nitrogens with one attached hydrogen (secondary N) is 2. The first-order valence-electron chi connectivity index (χ1n) is 11.4. The first-order chi connectivity index (χ1) is 15.5. The third kappa shape index (κ3) is 5.69. The number of aromatic nitrogens is 3. The van der Waals surface area contributed by atoms with E-state index in [1.165, 1.54) is 37.4 Å². The molecule has 0 unspecified atom stereocenters. The SMILES string of the molecule is Cc1cccc(C)c1NC(=O)CN1CCN(C(=O)CSc2n[nH]c(C3CCCC3)n2)CC1. The summed E-state index contributed by atoms with van der Waals surface area (Å²) in [5.41, 5.74) is 3.02. The van der Waals surface area contributed by atoms with Gasteiger partial charge in [-0.2, -0.15) is 0 Å². The van der Waals surface area contributed by atoms with Gasteiger partial charge in [0.25, 0.3) is 0 Å². The fraction of sp³-hybridized carbons (Fsp3) is 0.565. The van der Waals surface area contributed by atoms with Gasteiger partial charge >= 0.3 is 0 Å². The highest BCUT2D eigenvalue weighted by Crippen LogP contribution is 2.32. The molecular weight excluding hydrogens is 424 g/mol. The van der Waals surface area contributed by atoms with Crippen LogP contribution in [0.25, 0.3) is 0 Å². The molecule has 4 rings (SSSR count). The number of nitrogens with zero attached hydrogens (tertiary/aromatic N) is 4. The van der Waals surface area contributed by atoms with Gasteiger partial charge in [-0.25, -0.2) is 4.98 Å². The molecule has 1 aromatic carbocycles. The number of hydrogen-bond donors (Lipinski definition) is 2. The van der Waals surface area contributed by atoms with Crippen molar-refractivity contribution in [1.29, 1.82) is 0 Å². The summed E-state index contributed by atoms with van der Waals surface area (Å²) in [5.74, 6) is 1.88. The molecule has 1 saturated heterocycles. The number of amides is 2. The van der Waals surface area contributed by atoms with Crippen molar-refractivity contribution in [3.8, 4) is 0 Å². The van der Waals surface area contributed by atoms with E-state index in [2.05, 4.69) is 25.4 Å². The molecule has 1 aliphatic heterocycles. The number of hydrogen-bond acceptors (Lipinski definition) is 6. The van der Waals surface area contributed by atoms with Crippen LogP contribution in [0, 0.1) is 13.8 Å². The van der Waals surface area contributed by atoms with Crippen molar-refractivity contribution in [2.75, 3.05) is 43.8 Å². The molecule has 9 heteroatoms. The Morgan fingerprint density at radius 3 is 2.50 bits per heavy atom. The number of carbonyl (C=O) groups excluding carboxylic acids is 2. The lowest BCUT2D eigenvalue weighted by Crippen LogP contribution is -2.50. The van der Waals surface area contributed by atoms with Crippen LogP contribution in [0.15, 0.2) is 23.4 Å². The van der Waals surface area contributed by atoms with Crippen molar-refractivity contribution in [1.82, 2.24) is 25.0 Å². The van der Waals surface area contributed by atoms with Crippen molar-refractivity contribution in [3.05, 3.63) is 35.2 Å². The topological polar surface area (TPSA) is 94.2 Å². The van der Waals surface area contributed by atoms with Crippen molar-refractivity contribution in [2.24, 2.45) is 0 Å². The van der Waals surface area contributed by atoms with E-state index >= 15 is 0 Å². The summed E-state index contributed by atoms with van der Waals surface area (Å²) in [5, 5.41) is 11.0. The van der Waals surface area contributed by atoms with Gasteiger partial charge in [0.15, 0.2) is 0 Å². The zero-order chi connectivity index (χ0) is 22.5. The van der Waals surface area contributed by atoms with E-state index in [1.807, 2.05) is 36.9 Å². The molecule has 2 fully saturated rings. The molecule has 1 saturated carbocycles. The number of anilines is 1. The number of rotatable bonds is 7. The van der Waals surface area contributed by atoms with Crippen LogP contribution in [0.3, 0.4) is 0 Å². The molecular formula is C23H32N6O2S. The van der Waals surface area contributed by atoms with Gasteiger partial charge in [-0.3, -0.25) is 19.6 Å². The van der Waals surface area contributed by atoms with Crippen LogP contribution in [0.2, 0.25) is 0 Å². The predicted octanol–water partition coefficient (Wildman–Crippen LogP) is 2.95. The van der Waals surface area contributed by atoms with Crippen molar-refractivity contribution >= 4 is 29.3 Å². The molecule has 1 aromatic heterocycles. The van der Waals surface area contributed by atoms with Gasteiger partial charge in [-0.15, -0.1) is 5.10 Å². The van der Waals surface area contributed by atoms with Crippen LogP contribution >= 0.6 is 11.8 Å². The second kappa shape index (κ2) is 10.5.